The van der Waals surface area contributed by atoms with Crippen LogP contribution in [0, 0.1) is 0 Å². The van der Waals surface area contributed by atoms with Crippen LogP contribution < -0.4 is 4.90 Å². The van der Waals surface area contributed by atoms with Crippen molar-refractivity contribution in [2.75, 3.05) is 11.4 Å². The molecule has 0 aliphatic carbocycles. The maximum atomic E-state index is 4.69. The van der Waals surface area contributed by atoms with Gasteiger partial charge in [-0.3, -0.25) is 4.99 Å². The van der Waals surface area contributed by atoms with Crippen molar-refractivity contribution in [2.45, 2.75) is 12.8 Å². The van der Waals surface area contributed by atoms with Gasteiger partial charge < -0.3 is 4.90 Å². The smallest absolute Gasteiger partial charge is 0.0666 e. The molecule has 4 aromatic rings. The lowest BCUT2D eigenvalue weighted by atomic mass is 10.1. The predicted octanol–water partition coefficient (Wildman–Crippen LogP) is 5.93. The summed E-state index contributed by atoms with van der Waals surface area (Å²) >= 11 is 0. The zero-order chi connectivity index (χ0) is 19.5. The molecule has 1 aromatic heterocycles. The molecule has 0 fully saturated rings. The van der Waals surface area contributed by atoms with E-state index >= 15 is 0 Å². The van der Waals surface area contributed by atoms with Crippen LogP contribution in [-0.4, -0.2) is 22.0 Å². The second kappa shape index (κ2) is 7.76. The average Bonchev–Trinajstić information content (AvgIpc) is 3.50. The van der Waals surface area contributed by atoms with Crippen LogP contribution in [0.4, 0.5) is 17.1 Å². The summed E-state index contributed by atoms with van der Waals surface area (Å²) in [5, 5.41) is 4.38. The van der Waals surface area contributed by atoms with Crippen LogP contribution in [-0.2, 0) is 0 Å². The molecule has 0 spiro atoms. The summed E-state index contributed by atoms with van der Waals surface area (Å²) in [6.45, 7) is 0.938. The van der Waals surface area contributed by atoms with Crippen molar-refractivity contribution in [1.82, 2.24) is 9.78 Å². The molecule has 3 aromatic carbocycles. The Morgan fingerprint density at radius 3 is 2.31 bits per heavy atom. The van der Waals surface area contributed by atoms with E-state index < -0.39 is 0 Å². The number of hydrogen-bond acceptors (Lipinski definition) is 3. The van der Waals surface area contributed by atoms with E-state index in [9.17, 15) is 0 Å². The largest absolute Gasteiger partial charge is 0.310 e. The molecule has 142 valence electrons. The summed E-state index contributed by atoms with van der Waals surface area (Å²) in [6, 6.07) is 29.6. The van der Waals surface area contributed by atoms with Crippen LogP contribution in [0.2, 0.25) is 0 Å². The molecule has 0 atom stereocenters. The molecule has 1 aliphatic heterocycles. The van der Waals surface area contributed by atoms with Crippen molar-refractivity contribution >= 4 is 22.8 Å². The zero-order valence-electron chi connectivity index (χ0n) is 16.1. The molecule has 4 heteroatoms. The fourth-order valence-corrected chi connectivity index (χ4v) is 3.82. The van der Waals surface area contributed by atoms with Crippen molar-refractivity contribution in [1.29, 1.82) is 0 Å². The summed E-state index contributed by atoms with van der Waals surface area (Å²) in [4.78, 5) is 6.97. The molecule has 0 saturated carbocycles. The molecular weight excluding hydrogens is 356 g/mol. The van der Waals surface area contributed by atoms with Crippen molar-refractivity contribution in [3.8, 4) is 5.69 Å². The van der Waals surface area contributed by atoms with Gasteiger partial charge in [-0.2, -0.15) is 5.10 Å². The molecule has 4 nitrogen and oxygen atoms in total. The molecule has 0 unspecified atom stereocenters. The number of anilines is 3. The van der Waals surface area contributed by atoms with E-state index in [0.29, 0.717) is 0 Å². The minimum atomic E-state index is 0.938. The highest BCUT2D eigenvalue weighted by Gasteiger charge is 2.15. The van der Waals surface area contributed by atoms with Crippen molar-refractivity contribution in [3.05, 3.63) is 103 Å². The maximum absolute atomic E-state index is 4.69. The molecule has 0 amide bonds. The normalized spacial score (nSPS) is 13.3. The second-order valence-electron chi connectivity index (χ2n) is 7.12. The van der Waals surface area contributed by atoms with Crippen LogP contribution in [0.5, 0.6) is 0 Å². The Morgan fingerprint density at radius 1 is 0.759 bits per heavy atom. The van der Waals surface area contributed by atoms with E-state index in [-0.39, 0.29) is 0 Å². The van der Waals surface area contributed by atoms with Crippen LogP contribution in [0.15, 0.2) is 102 Å². The SMILES string of the molecule is c1ccc(N(c2cccc(C3=NCCC3)c2)c2cccc(-n3cccn3)c2)cc1. The summed E-state index contributed by atoms with van der Waals surface area (Å²) in [5.74, 6) is 0. The summed E-state index contributed by atoms with van der Waals surface area (Å²) in [6.07, 6.45) is 5.97. The highest BCUT2D eigenvalue weighted by molar-refractivity contribution is 6.02. The first-order valence-corrected chi connectivity index (χ1v) is 9.97. The maximum Gasteiger partial charge on any atom is 0.0666 e. The minimum Gasteiger partial charge on any atom is -0.310 e. The molecular formula is C25H22N4. The van der Waals surface area contributed by atoms with Gasteiger partial charge in [-0.1, -0.05) is 36.4 Å². The van der Waals surface area contributed by atoms with Crippen molar-refractivity contribution in [2.24, 2.45) is 4.99 Å². The van der Waals surface area contributed by atoms with E-state index in [0.717, 1.165) is 42.1 Å². The van der Waals surface area contributed by atoms with E-state index in [2.05, 4.69) is 87.8 Å². The van der Waals surface area contributed by atoms with E-state index in [1.54, 1.807) is 6.20 Å². The number of para-hydroxylation sites is 1. The van der Waals surface area contributed by atoms with Crippen LogP contribution in [0.1, 0.15) is 18.4 Å². The van der Waals surface area contributed by atoms with Crippen LogP contribution in [0.25, 0.3) is 5.69 Å². The third-order valence-electron chi connectivity index (χ3n) is 5.18. The first kappa shape index (κ1) is 17.4. The van der Waals surface area contributed by atoms with Gasteiger partial charge in [0.15, 0.2) is 0 Å². The van der Waals surface area contributed by atoms with Crippen molar-refractivity contribution < 1.29 is 0 Å². The van der Waals surface area contributed by atoms with Gasteiger partial charge in [-0.15, -0.1) is 0 Å². The van der Waals surface area contributed by atoms with Crippen LogP contribution >= 0.6 is 0 Å². The molecule has 1 aliphatic rings. The fraction of sp³-hybridized carbons (Fsp3) is 0.120. The number of aliphatic imine (C=N–C) groups is 1. The molecule has 0 N–H and O–H groups in total. The van der Waals surface area contributed by atoms with E-state index in [4.69, 9.17) is 0 Å². The standard InChI is InChI=1S/C25H22N4/c1-2-9-21(10-3-1)29(23-12-4-8-20(18-23)25-14-6-15-26-25)24-13-5-11-22(19-24)28-17-7-16-27-28/h1-5,7-13,16-19H,6,14-15H2. The molecule has 0 saturated heterocycles. The minimum absolute atomic E-state index is 0.938. The lowest BCUT2D eigenvalue weighted by molar-refractivity contribution is 0.880. The molecule has 29 heavy (non-hydrogen) atoms. The van der Waals surface area contributed by atoms with Crippen molar-refractivity contribution in [3.63, 3.8) is 0 Å². The number of rotatable bonds is 5. The van der Waals surface area contributed by atoms with Gasteiger partial charge >= 0.3 is 0 Å². The zero-order valence-corrected chi connectivity index (χ0v) is 16.1. The number of nitrogens with zero attached hydrogens (tertiary/aromatic N) is 4. The summed E-state index contributed by atoms with van der Waals surface area (Å²) in [7, 11) is 0. The fourth-order valence-electron chi connectivity index (χ4n) is 3.82. The Bertz CT molecular complexity index is 1130. The monoisotopic (exact) mass is 378 g/mol. The van der Waals surface area contributed by atoms with Gasteiger partial charge in [0.2, 0.25) is 0 Å². The Kier molecular flexibility index (Phi) is 4.67. The second-order valence-corrected chi connectivity index (χ2v) is 7.12. The molecule has 0 radical (unpaired) electrons. The Balaban J connectivity index is 1.62. The summed E-state index contributed by atoms with van der Waals surface area (Å²) in [5.41, 5.74) is 6.80. The van der Waals surface area contributed by atoms with Gasteiger partial charge in [0.1, 0.15) is 0 Å². The Hall–Kier alpha value is -3.66. The number of benzene rings is 3. The first-order valence-electron chi connectivity index (χ1n) is 9.97. The molecule has 2 heterocycles. The lowest BCUT2D eigenvalue weighted by Crippen LogP contribution is -2.11. The predicted molar refractivity (Wildman–Crippen MR) is 119 cm³/mol. The highest BCUT2D eigenvalue weighted by atomic mass is 15.3. The van der Waals surface area contributed by atoms with Crippen LogP contribution in [0.3, 0.4) is 0 Å². The van der Waals surface area contributed by atoms with E-state index in [1.165, 1.54) is 11.3 Å². The Morgan fingerprint density at radius 2 is 1.55 bits per heavy atom. The quantitative estimate of drug-likeness (QED) is 0.431. The Labute approximate surface area is 170 Å². The third kappa shape index (κ3) is 3.57. The number of aromatic nitrogens is 2. The summed E-state index contributed by atoms with van der Waals surface area (Å²) < 4.78 is 1.89. The van der Waals surface area contributed by atoms with Gasteiger partial charge in [0.25, 0.3) is 0 Å². The van der Waals surface area contributed by atoms with Gasteiger partial charge in [0.05, 0.1) is 5.69 Å². The average molecular weight is 378 g/mol. The highest BCUT2D eigenvalue weighted by Crippen LogP contribution is 2.35. The van der Waals surface area contributed by atoms with Gasteiger partial charge in [-0.25, -0.2) is 4.68 Å². The first-order chi connectivity index (χ1) is 14.4. The molecule has 5 rings (SSSR count). The number of hydrogen-bond donors (Lipinski definition) is 0. The topological polar surface area (TPSA) is 33.4 Å². The lowest BCUT2D eigenvalue weighted by Gasteiger charge is -2.26. The third-order valence-corrected chi connectivity index (χ3v) is 5.18. The molecule has 0 bridgehead atoms. The van der Waals surface area contributed by atoms with E-state index in [1.807, 2.05) is 23.0 Å². The van der Waals surface area contributed by atoms with Gasteiger partial charge in [0, 0.05) is 41.7 Å². The van der Waals surface area contributed by atoms with Gasteiger partial charge in [-0.05, 0) is 66.9 Å².